The Balaban J connectivity index is 1.97. The fourth-order valence-corrected chi connectivity index (χ4v) is 3.20. The molecule has 104 valence electrons. The summed E-state index contributed by atoms with van der Waals surface area (Å²) in [5.41, 5.74) is 8.40. The third kappa shape index (κ3) is 2.29. The summed E-state index contributed by atoms with van der Waals surface area (Å²) in [6, 6.07) is 8.05. The van der Waals surface area contributed by atoms with Crippen LogP contribution in [0.5, 0.6) is 0 Å². The molecule has 1 saturated carbocycles. The van der Waals surface area contributed by atoms with Crippen molar-refractivity contribution in [3.63, 3.8) is 0 Å². The summed E-state index contributed by atoms with van der Waals surface area (Å²) in [6.45, 7) is 4.26. The first-order chi connectivity index (χ1) is 9.66. The van der Waals surface area contributed by atoms with E-state index >= 15 is 0 Å². The van der Waals surface area contributed by atoms with E-state index in [1.165, 1.54) is 12.8 Å². The van der Waals surface area contributed by atoms with Crippen molar-refractivity contribution < 1.29 is 0 Å². The van der Waals surface area contributed by atoms with Crippen LogP contribution in [0.3, 0.4) is 0 Å². The van der Waals surface area contributed by atoms with Crippen LogP contribution in [0.4, 0.5) is 0 Å². The Morgan fingerprint density at radius 1 is 1.25 bits per heavy atom. The van der Waals surface area contributed by atoms with E-state index in [1.807, 2.05) is 24.3 Å². The van der Waals surface area contributed by atoms with Crippen molar-refractivity contribution in [3.8, 4) is 0 Å². The summed E-state index contributed by atoms with van der Waals surface area (Å²) < 4.78 is 0. The smallest absolute Gasteiger partial charge is 0.255 e. The molecule has 0 saturated heterocycles. The lowest BCUT2D eigenvalue weighted by atomic mass is 9.78. The zero-order valence-corrected chi connectivity index (χ0v) is 11.6. The van der Waals surface area contributed by atoms with Gasteiger partial charge in [0.1, 0.15) is 0 Å². The number of hydrogen-bond acceptors (Lipinski definition) is 2. The highest BCUT2D eigenvalue weighted by Gasteiger charge is 2.24. The maximum atomic E-state index is 11.7. The summed E-state index contributed by atoms with van der Waals surface area (Å²) in [6.07, 6.45) is 6.33. The Labute approximate surface area is 118 Å². The topological polar surface area (TPSA) is 58.9 Å². The van der Waals surface area contributed by atoms with E-state index in [0.717, 1.165) is 34.8 Å². The molecule has 0 amide bonds. The van der Waals surface area contributed by atoms with Crippen LogP contribution in [0.15, 0.2) is 41.8 Å². The molecule has 2 aromatic rings. The highest BCUT2D eigenvalue weighted by atomic mass is 16.1. The molecule has 1 heterocycles. The number of pyridine rings is 1. The lowest BCUT2D eigenvalue weighted by Crippen LogP contribution is -2.33. The predicted octanol–water partition coefficient (Wildman–Crippen LogP) is 3.06. The standard InChI is InChI=1S/C17H20N2O/c1-11(14-4-2-3-5-16(14)18)12-6-7-15-13(10-12)8-9-19-17(15)20/h6-10,14,16H,1-5,18H2,(H,19,20)/t14-,16?/m1/s1. The number of aromatic amines is 1. The minimum atomic E-state index is -0.0472. The molecule has 0 spiro atoms. The molecule has 20 heavy (non-hydrogen) atoms. The van der Waals surface area contributed by atoms with E-state index in [4.69, 9.17) is 5.73 Å². The lowest BCUT2D eigenvalue weighted by Gasteiger charge is -2.30. The van der Waals surface area contributed by atoms with Crippen LogP contribution in [0.25, 0.3) is 16.3 Å². The van der Waals surface area contributed by atoms with Gasteiger partial charge in [0.05, 0.1) is 0 Å². The normalized spacial score (nSPS) is 22.9. The van der Waals surface area contributed by atoms with E-state index < -0.39 is 0 Å². The first-order valence-corrected chi connectivity index (χ1v) is 7.23. The van der Waals surface area contributed by atoms with Gasteiger partial charge in [-0.3, -0.25) is 4.79 Å². The van der Waals surface area contributed by atoms with Gasteiger partial charge >= 0.3 is 0 Å². The molecule has 0 radical (unpaired) electrons. The van der Waals surface area contributed by atoms with Crippen LogP contribution < -0.4 is 11.3 Å². The summed E-state index contributed by atoms with van der Waals surface area (Å²) in [5, 5.41) is 1.67. The van der Waals surface area contributed by atoms with Gasteiger partial charge in [0.2, 0.25) is 0 Å². The summed E-state index contributed by atoms with van der Waals surface area (Å²) in [4.78, 5) is 14.4. The fraction of sp³-hybridized carbons (Fsp3) is 0.353. The van der Waals surface area contributed by atoms with Crippen molar-refractivity contribution >= 4 is 16.3 Å². The molecule has 1 unspecified atom stereocenters. The molecule has 1 aromatic heterocycles. The second-order valence-electron chi connectivity index (χ2n) is 5.69. The minimum Gasteiger partial charge on any atom is -0.329 e. The van der Waals surface area contributed by atoms with Gasteiger partial charge in [-0.15, -0.1) is 0 Å². The molecule has 0 aliphatic heterocycles. The molecule has 3 nitrogen and oxygen atoms in total. The molecule has 1 aliphatic rings. The molecule has 3 rings (SSSR count). The number of hydrogen-bond donors (Lipinski definition) is 2. The summed E-state index contributed by atoms with van der Waals surface area (Å²) in [5.74, 6) is 0.364. The van der Waals surface area contributed by atoms with Crippen molar-refractivity contribution in [1.82, 2.24) is 4.98 Å². The van der Waals surface area contributed by atoms with Gasteiger partial charge in [-0.1, -0.05) is 25.5 Å². The largest absolute Gasteiger partial charge is 0.329 e. The molecule has 0 bridgehead atoms. The van der Waals surface area contributed by atoms with Gasteiger partial charge in [0.15, 0.2) is 0 Å². The fourth-order valence-electron chi connectivity index (χ4n) is 3.20. The van der Waals surface area contributed by atoms with Crippen LogP contribution in [0.2, 0.25) is 0 Å². The first-order valence-electron chi connectivity index (χ1n) is 7.23. The van der Waals surface area contributed by atoms with Gasteiger partial charge in [0, 0.05) is 17.6 Å². The second kappa shape index (κ2) is 5.25. The molecule has 2 atom stereocenters. The maximum Gasteiger partial charge on any atom is 0.255 e. The molecule has 1 aromatic carbocycles. The molecule has 3 N–H and O–H groups in total. The van der Waals surface area contributed by atoms with Gasteiger partial charge in [-0.05, 0) is 53.5 Å². The van der Waals surface area contributed by atoms with E-state index in [-0.39, 0.29) is 11.6 Å². The van der Waals surface area contributed by atoms with Gasteiger partial charge in [-0.25, -0.2) is 0 Å². The van der Waals surface area contributed by atoms with Crippen LogP contribution >= 0.6 is 0 Å². The Morgan fingerprint density at radius 3 is 2.85 bits per heavy atom. The van der Waals surface area contributed by atoms with Crippen molar-refractivity contribution in [2.45, 2.75) is 31.7 Å². The first kappa shape index (κ1) is 13.1. The van der Waals surface area contributed by atoms with Gasteiger partial charge in [-0.2, -0.15) is 0 Å². The number of rotatable bonds is 2. The van der Waals surface area contributed by atoms with Crippen LogP contribution in [-0.4, -0.2) is 11.0 Å². The minimum absolute atomic E-state index is 0.0472. The number of fused-ring (bicyclic) bond motifs is 1. The van der Waals surface area contributed by atoms with E-state index in [0.29, 0.717) is 5.92 Å². The molecular formula is C17H20N2O. The average molecular weight is 268 g/mol. The third-order valence-electron chi connectivity index (χ3n) is 4.41. The quantitative estimate of drug-likeness (QED) is 0.879. The number of aromatic nitrogens is 1. The van der Waals surface area contributed by atoms with Gasteiger partial charge in [0.25, 0.3) is 5.56 Å². The Kier molecular flexibility index (Phi) is 3.45. The summed E-state index contributed by atoms with van der Waals surface area (Å²) in [7, 11) is 0. The Hall–Kier alpha value is -1.87. The number of nitrogens with two attached hydrogens (primary N) is 1. The zero-order valence-electron chi connectivity index (χ0n) is 11.6. The van der Waals surface area contributed by atoms with Crippen molar-refractivity contribution in [2.24, 2.45) is 11.7 Å². The van der Waals surface area contributed by atoms with Crippen LogP contribution in [0.1, 0.15) is 31.2 Å². The highest BCUT2D eigenvalue weighted by Crippen LogP contribution is 2.34. The number of benzene rings is 1. The molecular weight excluding hydrogens is 248 g/mol. The van der Waals surface area contributed by atoms with E-state index in [2.05, 4.69) is 11.6 Å². The monoisotopic (exact) mass is 268 g/mol. The Bertz CT molecular complexity index is 701. The van der Waals surface area contributed by atoms with Crippen molar-refractivity contribution in [1.29, 1.82) is 0 Å². The zero-order chi connectivity index (χ0) is 14.1. The third-order valence-corrected chi connectivity index (χ3v) is 4.41. The molecule has 1 fully saturated rings. The Morgan fingerprint density at radius 2 is 2.05 bits per heavy atom. The molecule has 1 aliphatic carbocycles. The van der Waals surface area contributed by atoms with Crippen LogP contribution in [-0.2, 0) is 0 Å². The highest BCUT2D eigenvalue weighted by molar-refractivity contribution is 5.85. The van der Waals surface area contributed by atoms with Crippen molar-refractivity contribution in [2.75, 3.05) is 0 Å². The molecule has 3 heteroatoms. The summed E-state index contributed by atoms with van der Waals surface area (Å²) >= 11 is 0. The predicted molar refractivity (Wildman–Crippen MR) is 83.5 cm³/mol. The van der Waals surface area contributed by atoms with Crippen molar-refractivity contribution in [3.05, 3.63) is 53.0 Å². The van der Waals surface area contributed by atoms with Gasteiger partial charge < -0.3 is 10.7 Å². The number of H-pyrrole nitrogens is 1. The van der Waals surface area contributed by atoms with E-state index in [1.54, 1.807) is 6.20 Å². The lowest BCUT2D eigenvalue weighted by molar-refractivity contribution is 0.371. The average Bonchev–Trinajstić information content (AvgIpc) is 2.47. The SMILES string of the molecule is C=C(c1ccc2c(=O)[nH]ccc2c1)[C@H]1CCCCC1N. The van der Waals surface area contributed by atoms with E-state index in [9.17, 15) is 4.79 Å². The maximum absolute atomic E-state index is 11.7. The van der Waals surface area contributed by atoms with Crippen LogP contribution in [0, 0.1) is 5.92 Å². The number of nitrogens with one attached hydrogen (secondary N) is 1. The second-order valence-corrected chi connectivity index (χ2v) is 5.69.